The number of hydrogen-bond donors (Lipinski definition) is 1. The quantitative estimate of drug-likeness (QED) is 0.465. The molecule has 0 spiro atoms. The van der Waals surface area contributed by atoms with Gasteiger partial charge in [0.15, 0.2) is 0 Å². The van der Waals surface area contributed by atoms with E-state index in [0.29, 0.717) is 5.92 Å². The molecule has 2 rings (SSSR count). The summed E-state index contributed by atoms with van der Waals surface area (Å²) in [4.78, 5) is 4.95. The zero-order valence-corrected chi connectivity index (χ0v) is 18.7. The summed E-state index contributed by atoms with van der Waals surface area (Å²) in [6.45, 7) is 10.2. The molecule has 0 radical (unpaired) electrons. The molecule has 1 fully saturated rings. The zero-order chi connectivity index (χ0) is 20.2. The van der Waals surface area contributed by atoms with Crippen LogP contribution in [0.2, 0.25) is 0 Å². The molecule has 1 aromatic rings. The molecule has 0 heterocycles. The molecule has 1 N–H and O–H groups in total. The van der Waals surface area contributed by atoms with E-state index in [-0.39, 0.29) is 0 Å². The second kappa shape index (κ2) is 12.6. The number of aliphatic hydroxyl groups is 1. The lowest BCUT2D eigenvalue weighted by molar-refractivity contribution is -0.0480. The van der Waals surface area contributed by atoms with Gasteiger partial charge in [-0.15, -0.1) is 0 Å². The van der Waals surface area contributed by atoms with Gasteiger partial charge >= 0.3 is 0 Å². The maximum absolute atomic E-state index is 11.7. The van der Waals surface area contributed by atoms with Gasteiger partial charge in [0.2, 0.25) is 0 Å². The minimum Gasteiger partial charge on any atom is -0.385 e. The number of likely N-dealkylation sites (N-methyl/N-ethyl adjacent to an activating group) is 2. The van der Waals surface area contributed by atoms with Crippen LogP contribution in [0.25, 0.3) is 0 Å². The number of rotatable bonds is 13. The van der Waals surface area contributed by atoms with Crippen molar-refractivity contribution >= 4 is 0 Å². The van der Waals surface area contributed by atoms with E-state index in [1.54, 1.807) is 0 Å². The van der Waals surface area contributed by atoms with Crippen molar-refractivity contribution in [1.29, 1.82) is 0 Å². The highest BCUT2D eigenvalue weighted by Crippen LogP contribution is 2.42. The summed E-state index contributed by atoms with van der Waals surface area (Å²) in [7, 11) is 2.24. The molecule has 1 aliphatic carbocycles. The van der Waals surface area contributed by atoms with Gasteiger partial charge in [0.25, 0.3) is 0 Å². The van der Waals surface area contributed by atoms with E-state index >= 15 is 0 Å². The van der Waals surface area contributed by atoms with E-state index in [1.165, 1.54) is 51.5 Å². The maximum Gasteiger partial charge on any atom is 0.0924 e. The fraction of sp³-hybridized carbons (Fsp3) is 0.760. The average molecular weight is 389 g/mol. The molecule has 0 aromatic heterocycles. The predicted octanol–water partition coefficient (Wildman–Crippen LogP) is 5.29. The Labute approximate surface area is 174 Å². The van der Waals surface area contributed by atoms with Crippen molar-refractivity contribution in [3.05, 3.63) is 35.9 Å². The van der Waals surface area contributed by atoms with Crippen molar-refractivity contribution in [2.24, 2.45) is 5.92 Å². The molecule has 3 nitrogen and oxygen atoms in total. The highest BCUT2D eigenvalue weighted by molar-refractivity contribution is 5.23. The van der Waals surface area contributed by atoms with Crippen LogP contribution in [0, 0.1) is 5.92 Å². The van der Waals surface area contributed by atoms with Crippen molar-refractivity contribution < 1.29 is 5.11 Å². The van der Waals surface area contributed by atoms with E-state index in [2.05, 4.69) is 61.0 Å². The predicted molar refractivity (Wildman–Crippen MR) is 121 cm³/mol. The Hall–Kier alpha value is -0.900. The normalized spacial score (nSPS) is 17.9. The van der Waals surface area contributed by atoms with Crippen LogP contribution in [0.15, 0.2) is 30.3 Å². The van der Waals surface area contributed by atoms with Crippen LogP contribution >= 0.6 is 0 Å². The molecule has 160 valence electrons. The third-order valence-corrected chi connectivity index (χ3v) is 6.84. The summed E-state index contributed by atoms with van der Waals surface area (Å²) < 4.78 is 0. The summed E-state index contributed by atoms with van der Waals surface area (Å²) >= 11 is 0. The van der Waals surface area contributed by atoms with Gasteiger partial charge in [-0.25, -0.2) is 0 Å². The van der Waals surface area contributed by atoms with Gasteiger partial charge in [-0.1, -0.05) is 76.3 Å². The molecular formula is C25H44N2O. The van der Waals surface area contributed by atoms with Gasteiger partial charge in [0.05, 0.1) is 5.60 Å². The third-order valence-electron chi connectivity index (χ3n) is 6.84. The Morgan fingerprint density at radius 3 is 2.21 bits per heavy atom. The van der Waals surface area contributed by atoms with Crippen LogP contribution in [0.5, 0.6) is 0 Å². The van der Waals surface area contributed by atoms with Crippen molar-refractivity contribution in [3.8, 4) is 0 Å². The van der Waals surface area contributed by atoms with E-state index in [4.69, 9.17) is 0 Å². The molecule has 1 aliphatic rings. The van der Waals surface area contributed by atoms with Crippen molar-refractivity contribution in [3.63, 3.8) is 0 Å². The van der Waals surface area contributed by atoms with Crippen molar-refractivity contribution in [2.75, 3.05) is 39.8 Å². The summed E-state index contributed by atoms with van der Waals surface area (Å²) in [5.41, 5.74) is 0.509. The molecule has 0 amide bonds. The van der Waals surface area contributed by atoms with Gasteiger partial charge in [0.1, 0.15) is 0 Å². The fourth-order valence-corrected chi connectivity index (χ4v) is 4.81. The van der Waals surface area contributed by atoms with Gasteiger partial charge in [-0.3, -0.25) is 0 Å². The number of nitrogens with zero attached hydrogens (tertiary/aromatic N) is 2. The van der Waals surface area contributed by atoms with Crippen molar-refractivity contribution in [1.82, 2.24) is 9.80 Å². The molecular weight excluding hydrogens is 344 g/mol. The molecule has 3 heteroatoms. The first-order valence-electron chi connectivity index (χ1n) is 11.8. The Bertz CT molecular complexity index is 511. The number of hydrogen-bond acceptors (Lipinski definition) is 3. The molecule has 1 aromatic carbocycles. The topological polar surface area (TPSA) is 26.7 Å². The van der Waals surface area contributed by atoms with E-state index in [9.17, 15) is 5.11 Å². The first-order valence-corrected chi connectivity index (χ1v) is 11.8. The number of unbranched alkanes of at least 4 members (excludes halogenated alkanes) is 2. The fourth-order valence-electron chi connectivity index (χ4n) is 4.81. The lowest BCUT2D eigenvalue weighted by atomic mass is 9.71. The smallest absolute Gasteiger partial charge is 0.0924 e. The van der Waals surface area contributed by atoms with Gasteiger partial charge < -0.3 is 14.9 Å². The first kappa shape index (κ1) is 23.4. The lowest BCUT2D eigenvalue weighted by Gasteiger charge is -2.39. The minimum atomic E-state index is -0.629. The summed E-state index contributed by atoms with van der Waals surface area (Å²) in [5, 5.41) is 11.7. The zero-order valence-electron chi connectivity index (χ0n) is 18.7. The average Bonchev–Trinajstić information content (AvgIpc) is 2.75. The molecule has 0 bridgehead atoms. The van der Waals surface area contributed by atoms with E-state index in [0.717, 1.165) is 44.6 Å². The molecule has 0 aliphatic heterocycles. The Kier molecular flexibility index (Phi) is 10.5. The molecule has 1 atom stereocenters. The molecule has 0 saturated heterocycles. The largest absolute Gasteiger partial charge is 0.385 e. The second-order valence-corrected chi connectivity index (χ2v) is 8.77. The minimum absolute atomic E-state index is 0.431. The Morgan fingerprint density at radius 1 is 0.893 bits per heavy atom. The van der Waals surface area contributed by atoms with E-state index in [1.807, 2.05) is 0 Å². The number of benzene rings is 1. The monoisotopic (exact) mass is 388 g/mol. The summed E-state index contributed by atoms with van der Waals surface area (Å²) in [6.07, 6.45) is 10.7. The third kappa shape index (κ3) is 7.17. The van der Waals surface area contributed by atoms with Gasteiger partial charge in [-0.2, -0.15) is 0 Å². The van der Waals surface area contributed by atoms with Crippen LogP contribution in [0.3, 0.4) is 0 Å². The van der Waals surface area contributed by atoms with Crippen LogP contribution in [-0.2, 0) is 5.60 Å². The van der Waals surface area contributed by atoms with Crippen LogP contribution < -0.4 is 0 Å². The lowest BCUT2D eigenvalue weighted by Crippen LogP contribution is -2.36. The summed E-state index contributed by atoms with van der Waals surface area (Å²) in [6, 6.07) is 10.5. The maximum atomic E-state index is 11.7. The van der Waals surface area contributed by atoms with E-state index < -0.39 is 5.60 Å². The van der Waals surface area contributed by atoms with Crippen LogP contribution in [0.1, 0.15) is 77.2 Å². The second-order valence-electron chi connectivity index (χ2n) is 8.77. The standard InChI is InChI=1S/C25H44N2O/c1-4-27(5-2)22-21-26(3)20-14-8-13-19-25(28,23-15-9-6-10-16-23)24-17-11-7-12-18-24/h6,9-10,15-16,24,28H,4-5,7-8,11-14,17-22H2,1-3H3. The Morgan fingerprint density at radius 2 is 1.57 bits per heavy atom. The highest BCUT2D eigenvalue weighted by atomic mass is 16.3. The van der Waals surface area contributed by atoms with Gasteiger partial charge in [-0.05, 0) is 63.8 Å². The van der Waals surface area contributed by atoms with Crippen LogP contribution in [-0.4, -0.2) is 54.7 Å². The molecule has 1 unspecified atom stereocenters. The van der Waals surface area contributed by atoms with Crippen LogP contribution in [0.4, 0.5) is 0 Å². The molecule has 1 saturated carbocycles. The molecule has 28 heavy (non-hydrogen) atoms. The first-order chi connectivity index (χ1) is 13.6. The van der Waals surface area contributed by atoms with Crippen molar-refractivity contribution in [2.45, 2.75) is 77.2 Å². The van der Waals surface area contributed by atoms with Gasteiger partial charge in [0, 0.05) is 13.1 Å². The highest BCUT2D eigenvalue weighted by Gasteiger charge is 2.38. The Balaban J connectivity index is 1.77. The SMILES string of the molecule is CCN(CC)CCN(C)CCCCCC(O)(c1ccccc1)C1CCCCC1. The summed E-state index contributed by atoms with van der Waals surface area (Å²) in [5.74, 6) is 0.431.